The van der Waals surface area contributed by atoms with Crippen LogP contribution in [0.1, 0.15) is 5.69 Å². The lowest BCUT2D eigenvalue weighted by Gasteiger charge is -2.05. The zero-order valence-corrected chi connectivity index (χ0v) is 8.67. The molecule has 0 unspecified atom stereocenters. The molecule has 0 fully saturated rings. The van der Waals surface area contributed by atoms with Gasteiger partial charge in [0.15, 0.2) is 0 Å². The van der Waals surface area contributed by atoms with Crippen LogP contribution in [0.5, 0.6) is 0 Å². The van der Waals surface area contributed by atoms with Crippen molar-refractivity contribution >= 4 is 5.69 Å². The van der Waals surface area contributed by atoms with E-state index in [2.05, 4.69) is 4.98 Å². The summed E-state index contributed by atoms with van der Waals surface area (Å²) >= 11 is 0. The SMILES string of the molecule is Cc1ncc(-c2ccc(F)cc2F)cc1N. The molecule has 1 heterocycles. The van der Waals surface area contributed by atoms with Gasteiger partial charge in [-0.15, -0.1) is 0 Å². The number of anilines is 1. The summed E-state index contributed by atoms with van der Waals surface area (Å²) < 4.78 is 26.2. The number of nitrogens with two attached hydrogens (primary N) is 1. The third kappa shape index (κ3) is 1.86. The van der Waals surface area contributed by atoms with Crippen LogP contribution in [0.15, 0.2) is 30.5 Å². The predicted octanol–water partition coefficient (Wildman–Crippen LogP) is 2.92. The van der Waals surface area contributed by atoms with Gasteiger partial charge in [0.2, 0.25) is 0 Å². The van der Waals surface area contributed by atoms with Gasteiger partial charge in [0.1, 0.15) is 11.6 Å². The fourth-order valence-electron chi connectivity index (χ4n) is 1.42. The van der Waals surface area contributed by atoms with Gasteiger partial charge in [-0.2, -0.15) is 0 Å². The summed E-state index contributed by atoms with van der Waals surface area (Å²) in [5.41, 5.74) is 7.69. The van der Waals surface area contributed by atoms with E-state index in [4.69, 9.17) is 5.73 Å². The first-order chi connectivity index (χ1) is 7.58. The molecular weight excluding hydrogens is 210 g/mol. The maximum absolute atomic E-state index is 13.5. The van der Waals surface area contributed by atoms with Gasteiger partial charge in [-0.25, -0.2) is 8.78 Å². The summed E-state index contributed by atoms with van der Waals surface area (Å²) in [6, 6.07) is 5.04. The summed E-state index contributed by atoms with van der Waals surface area (Å²) in [5, 5.41) is 0. The Morgan fingerprint density at radius 1 is 1.19 bits per heavy atom. The van der Waals surface area contributed by atoms with Crippen molar-refractivity contribution < 1.29 is 8.78 Å². The van der Waals surface area contributed by atoms with Gasteiger partial charge >= 0.3 is 0 Å². The number of hydrogen-bond donors (Lipinski definition) is 1. The summed E-state index contributed by atoms with van der Waals surface area (Å²) in [4.78, 5) is 4.03. The van der Waals surface area contributed by atoms with Gasteiger partial charge in [-0.1, -0.05) is 0 Å². The first-order valence-electron chi connectivity index (χ1n) is 4.75. The second kappa shape index (κ2) is 3.89. The maximum atomic E-state index is 13.5. The maximum Gasteiger partial charge on any atom is 0.133 e. The van der Waals surface area contributed by atoms with E-state index >= 15 is 0 Å². The number of hydrogen-bond acceptors (Lipinski definition) is 2. The minimum Gasteiger partial charge on any atom is -0.397 e. The zero-order valence-electron chi connectivity index (χ0n) is 8.67. The molecule has 2 aromatic rings. The first kappa shape index (κ1) is 10.5. The molecule has 0 aliphatic heterocycles. The Kier molecular flexibility index (Phi) is 2.56. The van der Waals surface area contributed by atoms with E-state index in [1.165, 1.54) is 18.3 Å². The molecule has 0 amide bonds. The lowest BCUT2D eigenvalue weighted by atomic mass is 10.1. The molecule has 1 aromatic heterocycles. The van der Waals surface area contributed by atoms with Gasteiger partial charge in [0, 0.05) is 23.4 Å². The Morgan fingerprint density at radius 3 is 2.56 bits per heavy atom. The smallest absolute Gasteiger partial charge is 0.133 e. The molecule has 2 nitrogen and oxygen atoms in total. The summed E-state index contributed by atoms with van der Waals surface area (Å²) in [6.45, 7) is 1.76. The minimum atomic E-state index is -0.620. The van der Waals surface area contributed by atoms with Crippen LogP contribution in [0.25, 0.3) is 11.1 Å². The Hall–Kier alpha value is -1.97. The molecule has 82 valence electrons. The van der Waals surface area contributed by atoms with Gasteiger partial charge in [-0.3, -0.25) is 4.98 Å². The Morgan fingerprint density at radius 2 is 1.94 bits per heavy atom. The molecule has 2 N–H and O–H groups in total. The lowest BCUT2D eigenvalue weighted by molar-refractivity contribution is 0.585. The highest BCUT2D eigenvalue weighted by Gasteiger charge is 2.07. The normalized spacial score (nSPS) is 10.4. The van der Waals surface area contributed by atoms with Gasteiger partial charge in [0.25, 0.3) is 0 Å². The number of nitrogens with zero attached hydrogens (tertiary/aromatic N) is 1. The molecule has 4 heteroatoms. The summed E-state index contributed by atoms with van der Waals surface area (Å²) in [6.07, 6.45) is 1.52. The lowest BCUT2D eigenvalue weighted by Crippen LogP contribution is -1.94. The molecule has 0 spiro atoms. The predicted molar refractivity (Wildman–Crippen MR) is 58.7 cm³/mol. The topological polar surface area (TPSA) is 38.9 Å². The van der Waals surface area contributed by atoms with Gasteiger partial charge in [-0.05, 0) is 25.1 Å². The van der Waals surface area contributed by atoms with Crippen molar-refractivity contribution in [2.75, 3.05) is 5.73 Å². The molecule has 0 atom stereocenters. The van der Waals surface area contributed by atoms with Crippen LogP contribution in [0, 0.1) is 18.6 Å². The van der Waals surface area contributed by atoms with Crippen LogP contribution in [-0.2, 0) is 0 Å². The number of pyridine rings is 1. The van der Waals surface area contributed by atoms with E-state index < -0.39 is 11.6 Å². The van der Waals surface area contributed by atoms with E-state index in [1.807, 2.05) is 0 Å². The van der Waals surface area contributed by atoms with Crippen LogP contribution in [-0.4, -0.2) is 4.98 Å². The van der Waals surface area contributed by atoms with Crippen molar-refractivity contribution in [3.05, 3.63) is 47.8 Å². The highest BCUT2D eigenvalue weighted by molar-refractivity contribution is 5.67. The third-order valence-electron chi connectivity index (χ3n) is 2.37. The molecule has 2 rings (SSSR count). The van der Waals surface area contributed by atoms with Gasteiger partial charge in [0.05, 0.1) is 11.4 Å². The number of aryl methyl sites for hydroxylation is 1. The van der Waals surface area contributed by atoms with E-state index in [-0.39, 0.29) is 0 Å². The van der Waals surface area contributed by atoms with E-state index in [1.54, 1.807) is 13.0 Å². The average molecular weight is 220 g/mol. The average Bonchev–Trinajstić information content (AvgIpc) is 2.22. The number of benzene rings is 1. The van der Waals surface area contributed by atoms with Crippen LogP contribution < -0.4 is 5.73 Å². The second-order valence-electron chi connectivity index (χ2n) is 3.52. The van der Waals surface area contributed by atoms with E-state index in [0.717, 1.165) is 6.07 Å². The molecule has 0 aliphatic carbocycles. The number of aromatic nitrogens is 1. The Bertz CT molecular complexity index is 539. The molecule has 16 heavy (non-hydrogen) atoms. The molecule has 0 radical (unpaired) electrons. The highest BCUT2D eigenvalue weighted by Crippen LogP contribution is 2.25. The Balaban J connectivity index is 2.54. The molecule has 1 aromatic carbocycles. The van der Waals surface area contributed by atoms with Crippen LogP contribution in [0.4, 0.5) is 14.5 Å². The quantitative estimate of drug-likeness (QED) is 0.802. The fourth-order valence-corrected chi connectivity index (χ4v) is 1.42. The van der Waals surface area contributed by atoms with Crippen molar-refractivity contribution in [2.45, 2.75) is 6.92 Å². The third-order valence-corrected chi connectivity index (χ3v) is 2.37. The van der Waals surface area contributed by atoms with Crippen molar-refractivity contribution in [1.82, 2.24) is 4.98 Å². The monoisotopic (exact) mass is 220 g/mol. The van der Waals surface area contributed by atoms with Crippen LogP contribution >= 0.6 is 0 Å². The van der Waals surface area contributed by atoms with Gasteiger partial charge < -0.3 is 5.73 Å². The number of nitrogen functional groups attached to an aromatic ring is 1. The van der Waals surface area contributed by atoms with Crippen LogP contribution in [0.3, 0.4) is 0 Å². The molecule has 0 saturated heterocycles. The molecule has 0 bridgehead atoms. The summed E-state index contributed by atoms with van der Waals surface area (Å²) in [5.74, 6) is -1.22. The first-order valence-corrected chi connectivity index (χ1v) is 4.75. The van der Waals surface area contributed by atoms with E-state index in [0.29, 0.717) is 22.5 Å². The minimum absolute atomic E-state index is 0.292. The van der Waals surface area contributed by atoms with Crippen molar-refractivity contribution in [3.8, 4) is 11.1 Å². The van der Waals surface area contributed by atoms with Crippen molar-refractivity contribution in [1.29, 1.82) is 0 Å². The molecule has 0 aliphatic rings. The number of rotatable bonds is 1. The largest absolute Gasteiger partial charge is 0.397 e. The molecular formula is C12H10F2N2. The molecule has 0 saturated carbocycles. The fraction of sp³-hybridized carbons (Fsp3) is 0.0833. The number of halogens is 2. The van der Waals surface area contributed by atoms with Crippen LogP contribution in [0.2, 0.25) is 0 Å². The van der Waals surface area contributed by atoms with E-state index in [9.17, 15) is 8.78 Å². The second-order valence-corrected chi connectivity index (χ2v) is 3.52. The standard InChI is InChI=1S/C12H10F2N2/c1-7-12(15)4-8(6-16-7)10-3-2-9(13)5-11(10)14/h2-6H,15H2,1H3. The van der Waals surface area contributed by atoms with Crippen molar-refractivity contribution in [3.63, 3.8) is 0 Å². The summed E-state index contributed by atoms with van der Waals surface area (Å²) in [7, 11) is 0. The Labute approximate surface area is 91.7 Å². The highest BCUT2D eigenvalue weighted by atomic mass is 19.1. The zero-order chi connectivity index (χ0) is 11.7. The van der Waals surface area contributed by atoms with Crippen molar-refractivity contribution in [2.24, 2.45) is 0 Å².